The average Bonchev–Trinajstić information content (AvgIpc) is 3.17. The highest BCUT2D eigenvalue weighted by molar-refractivity contribution is 5.85. The third kappa shape index (κ3) is 4.05. The van der Waals surface area contributed by atoms with Crippen molar-refractivity contribution in [3.8, 4) is 0 Å². The molecule has 1 aliphatic rings. The van der Waals surface area contributed by atoms with Crippen molar-refractivity contribution >= 4 is 18.3 Å². The van der Waals surface area contributed by atoms with E-state index in [1.54, 1.807) is 6.20 Å². The van der Waals surface area contributed by atoms with E-state index in [4.69, 9.17) is 0 Å². The van der Waals surface area contributed by atoms with Crippen molar-refractivity contribution in [2.24, 2.45) is 0 Å². The molecule has 1 N–H and O–H groups in total. The molecule has 1 aliphatic heterocycles. The number of aromatic nitrogens is 2. The van der Waals surface area contributed by atoms with Gasteiger partial charge in [0.25, 0.3) is 0 Å². The van der Waals surface area contributed by atoms with Gasteiger partial charge < -0.3 is 10.2 Å². The van der Waals surface area contributed by atoms with E-state index in [2.05, 4.69) is 29.5 Å². The minimum atomic E-state index is -0.556. The Hall–Kier alpha value is -1.85. The number of hydrogen-bond acceptors (Lipinski definition) is 3. The topological polar surface area (TPSA) is 50.2 Å². The van der Waals surface area contributed by atoms with E-state index in [9.17, 15) is 4.79 Å². The fourth-order valence-electron chi connectivity index (χ4n) is 3.64. The minimum Gasteiger partial charge on any atom is -0.343 e. The van der Waals surface area contributed by atoms with Crippen molar-refractivity contribution < 1.29 is 4.79 Å². The minimum absolute atomic E-state index is 0. The van der Waals surface area contributed by atoms with Crippen LogP contribution in [0.4, 0.5) is 0 Å². The van der Waals surface area contributed by atoms with E-state index in [1.807, 2.05) is 47.1 Å². The maximum absolute atomic E-state index is 13.3. The molecule has 1 unspecified atom stereocenters. The first-order valence-corrected chi connectivity index (χ1v) is 8.65. The number of hydrogen-bond donors (Lipinski definition) is 1. The predicted molar refractivity (Wildman–Crippen MR) is 102 cm³/mol. The molecule has 0 saturated carbocycles. The molecule has 1 aromatic carbocycles. The summed E-state index contributed by atoms with van der Waals surface area (Å²) >= 11 is 0. The first-order chi connectivity index (χ1) is 11.6. The highest BCUT2D eigenvalue weighted by Crippen LogP contribution is 2.30. The van der Waals surface area contributed by atoms with Crippen molar-refractivity contribution in [1.29, 1.82) is 0 Å². The molecule has 3 rings (SSSR count). The van der Waals surface area contributed by atoms with Gasteiger partial charge in [-0.3, -0.25) is 9.48 Å². The zero-order valence-corrected chi connectivity index (χ0v) is 15.7. The highest BCUT2D eigenvalue weighted by atomic mass is 35.5. The number of carbonyl (C=O) groups is 1. The average molecular weight is 363 g/mol. The molecule has 0 radical (unpaired) electrons. The molecule has 1 atom stereocenters. The van der Waals surface area contributed by atoms with Crippen LogP contribution in [0.1, 0.15) is 31.2 Å². The quantitative estimate of drug-likeness (QED) is 0.889. The van der Waals surface area contributed by atoms with Crippen molar-refractivity contribution in [2.45, 2.75) is 31.2 Å². The second kappa shape index (κ2) is 8.50. The summed E-state index contributed by atoms with van der Waals surface area (Å²) in [4.78, 5) is 15.2. The van der Waals surface area contributed by atoms with Gasteiger partial charge in [-0.1, -0.05) is 37.3 Å². The van der Waals surface area contributed by atoms with Gasteiger partial charge >= 0.3 is 0 Å². The first-order valence-electron chi connectivity index (χ1n) is 8.65. The number of carbonyl (C=O) groups excluding carboxylic acids is 1. The van der Waals surface area contributed by atoms with Crippen LogP contribution in [0, 0.1) is 0 Å². The normalized spacial score (nSPS) is 17.4. The molecule has 1 aromatic heterocycles. The lowest BCUT2D eigenvalue weighted by Gasteiger charge is -2.39. The molecule has 1 saturated heterocycles. The van der Waals surface area contributed by atoms with Gasteiger partial charge in [0.05, 0.1) is 0 Å². The number of likely N-dealkylation sites (N-methyl/N-ethyl adjacent to an activating group) is 1. The second-order valence-corrected chi connectivity index (χ2v) is 6.73. The Morgan fingerprint density at radius 3 is 2.56 bits per heavy atom. The molecule has 2 aromatic rings. The van der Waals surface area contributed by atoms with E-state index in [1.165, 1.54) is 5.56 Å². The van der Waals surface area contributed by atoms with Crippen molar-refractivity contribution in [3.63, 3.8) is 0 Å². The van der Waals surface area contributed by atoms with Gasteiger partial charge in [0.1, 0.15) is 5.54 Å². The van der Waals surface area contributed by atoms with Crippen LogP contribution in [0.15, 0.2) is 48.8 Å². The SMILES string of the molecule is CC(CN(C)C(=O)C1(n2cccn2)CCNCC1)c1ccccc1.Cl. The van der Waals surface area contributed by atoms with Gasteiger partial charge in [-0.2, -0.15) is 5.10 Å². The zero-order valence-electron chi connectivity index (χ0n) is 14.9. The fourth-order valence-corrected chi connectivity index (χ4v) is 3.64. The molecule has 1 amide bonds. The standard InChI is InChI=1S/C19H26N4O.ClH/c1-16(17-7-4-3-5-8-17)15-22(2)18(24)19(9-12-20-13-10-19)23-14-6-11-21-23;/h3-8,11,14,16,20H,9-10,12-13,15H2,1-2H3;1H. The largest absolute Gasteiger partial charge is 0.343 e. The molecule has 1 fully saturated rings. The Morgan fingerprint density at radius 1 is 1.28 bits per heavy atom. The van der Waals surface area contributed by atoms with E-state index >= 15 is 0 Å². The van der Waals surface area contributed by atoms with Gasteiger partial charge in [0.15, 0.2) is 0 Å². The molecule has 0 spiro atoms. The van der Waals surface area contributed by atoms with Gasteiger partial charge in [-0.05, 0) is 43.5 Å². The molecule has 6 heteroatoms. The summed E-state index contributed by atoms with van der Waals surface area (Å²) in [6.07, 6.45) is 5.22. The fraction of sp³-hybridized carbons (Fsp3) is 0.474. The number of rotatable bonds is 5. The first kappa shape index (κ1) is 19.5. The number of halogens is 1. The van der Waals surface area contributed by atoms with Crippen LogP contribution in [-0.2, 0) is 10.3 Å². The van der Waals surface area contributed by atoms with Crippen LogP contribution in [0.3, 0.4) is 0 Å². The molecule has 136 valence electrons. The molecule has 0 aliphatic carbocycles. The summed E-state index contributed by atoms with van der Waals surface area (Å²) in [7, 11) is 1.91. The molecule has 0 bridgehead atoms. The van der Waals surface area contributed by atoms with Crippen LogP contribution in [0.25, 0.3) is 0 Å². The van der Waals surface area contributed by atoms with E-state index in [-0.39, 0.29) is 18.3 Å². The maximum Gasteiger partial charge on any atom is 0.250 e. The number of benzene rings is 1. The van der Waals surface area contributed by atoms with E-state index in [0.29, 0.717) is 12.5 Å². The second-order valence-electron chi connectivity index (χ2n) is 6.73. The van der Waals surface area contributed by atoms with Crippen molar-refractivity contribution in [2.75, 3.05) is 26.7 Å². The number of piperidine rings is 1. The van der Waals surface area contributed by atoms with E-state index < -0.39 is 5.54 Å². The molecule has 5 nitrogen and oxygen atoms in total. The zero-order chi connectivity index (χ0) is 17.0. The van der Waals surface area contributed by atoms with Crippen molar-refractivity contribution in [3.05, 3.63) is 54.4 Å². The van der Waals surface area contributed by atoms with Crippen LogP contribution in [0.2, 0.25) is 0 Å². The highest BCUT2D eigenvalue weighted by Gasteiger charge is 2.43. The molecule has 2 heterocycles. The molecular weight excluding hydrogens is 336 g/mol. The van der Waals surface area contributed by atoms with Crippen LogP contribution in [-0.4, -0.2) is 47.3 Å². The summed E-state index contributed by atoms with van der Waals surface area (Å²) in [6, 6.07) is 12.3. The molecule has 25 heavy (non-hydrogen) atoms. The summed E-state index contributed by atoms with van der Waals surface area (Å²) in [5.41, 5.74) is 0.704. The smallest absolute Gasteiger partial charge is 0.250 e. The predicted octanol–water partition coefficient (Wildman–Crippen LogP) is 2.65. The lowest BCUT2D eigenvalue weighted by atomic mass is 9.86. The van der Waals surface area contributed by atoms with E-state index in [0.717, 1.165) is 25.9 Å². The van der Waals surface area contributed by atoms with Gasteiger partial charge in [0.2, 0.25) is 5.91 Å². The third-order valence-corrected chi connectivity index (χ3v) is 5.03. The maximum atomic E-state index is 13.3. The number of nitrogens with zero attached hydrogens (tertiary/aromatic N) is 3. The molecular formula is C19H27ClN4O. The third-order valence-electron chi connectivity index (χ3n) is 5.03. The summed E-state index contributed by atoms with van der Waals surface area (Å²) < 4.78 is 1.86. The Morgan fingerprint density at radius 2 is 1.96 bits per heavy atom. The van der Waals surface area contributed by atoms with Gasteiger partial charge in [-0.25, -0.2) is 0 Å². The van der Waals surface area contributed by atoms with Crippen LogP contribution < -0.4 is 5.32 Å². The van der Waals surface area contributed by atoms with Gasteiger partial charge in [-0.15, -0.1) is 12.4 Å². The Kier molecular flexibility index (Phi) is 6.62. The number of nitrogens with one attached hydrogen (secondary N) is 1. The number of amides is 1. The van der Waals surface area contributed by atoms with Crippen LogP contribution in [0.5, 0.6) is 0 Å². The van der Waals surface area contributed by atoms with Crippen molar-refractivity contribution in [1.82, 2.24) is 20.0 Å². The lowest BCUT2D eigenvalue weighted by Crippen LogP contribution is -2.55. The Labute approximate surface area is 155 Å². The Balaban J connectivity index is 0.00000225. The monoisotopic (exact) mass is 362 g/mol. The summed E-state index contributed by atoms with van der Waals surface area (Å²) in [5, 5.41) is 7.74. The lowest BCUT2D eigenvalue weighted by molar-refractivity contribution is -0.142. The summed E-state index contributed by atoms with van der Waals surface area (Å²) in [6.45, 7) is 4.56. The van der Waals surface area contributed by atoms with Crippen LogP contribution >= 0.6 is 12.4 Å². The van der Waals surface area contributed by atoms with Gasteiger partial charge in [0, 0.05) is 26.0 Å². The summed E-state index contributed by atoms with van der Waals surface area (Å²) in [5.74, 6) is 0.465. The Bertz CT molecular complexity index is 653.